The summed E-state index contributed by atoms with van der Waals surface area (Å²) >= 11 is 0. The van der Waals surface area contributed by atoms with Crippen LogP contribution < -0.4 is 10.2 Å². The first-order valence-corrected chi connectivity index (χ1v) is 5.19. The molecule has 6 nitrogen and oxygen atoms in total. The molecule has 6 heteroatoms. The first kappa shape index (κ1) is 11.9. The number of oxime groups is 1. The number of carbonyl (C=O) groups excluding carboxylic acids is 1. The van der Waals surface area contributed by atoms with Crippen molar-refractivity contribution < 1.29 is 19.6 Å². The molecule has 0 atom stereocenters. The van der Waals surface area contributed by atoms with Gasteiger partial charge in [-0.15, -0.1) is 0 Å². The third kappa shape index (κ3) is 5.34. The van der Waals surface area contributed by atoms with Crippen LogP contribution in [-0.4, -0.2) is 56.7 Å². The normalized spacial score (nSPS) is 18.1. The Hall–Kier alpha value is -1.14. The molecule has 0 aromatic rings. The second kappa shape index (κ2) is 7.19. The quantitative estimate of drug-likeness (QED) is 0.213. The minimum atomic E-state index is -0.352. The molecular weight excluding hydrogens is 198 g/mol. The molecule has 0 aromatic carbocycles. The maximum Gasteiger partial charge on any atom is 0.265 e. The summed E-state index contributed by atoms with van der Waals surface area (Å²) in [7, 11) is 0. The van der Waals surface area contributed by atoms with Crippen molar-refractivity contribution in [3.8, 4) is 0 Å². The Morgan fingerprint density at radius 1 is 1.53 bits per heavy atom. The van der Waals surface area contributed by atoms with Gasteiger partial charge in [-0.25, -0.2) is 0 Å². The highest BCUT2D eigenvalue weighted by Gasteiger charge is 2.12. The van der Waals surface area contributed by atoms with Gasteiger partial charge >= 0.3 is 0 Å². The van der Waals surface area contributed by atoms with E-state index in [1.165, 1.54) is 4.90 Å². The third-order valence-electron chi connectivity index (χ3n) is 2.38. The Morgan fingerprint density at radius 3 is 2.93 bits per heavy atom. The number of hydrogen-bond donors (Lipinski definition) is 3. The minimum Gasteiger partial charge on any atom is -0.411 e. The summed E-state index contributed by atoms with van der Waals surface area (Å²) in [6, 6.07) is 0. The van der Waals surface area contributed by atoms with E-state index in [4.69, 9.17) is 9.94 Å². The highest BCUT2D eigenvalue weighted by molar-refractivity contribution is 6.25. The molecule has 0 unspecified atom stereocenters. The van der Waals surface area contributed by atoms with Crippen molar-refractivity contribution in [2.24, 2.45) is 5.16 Å². The van der Waals surface area contributed by atoms with Crippen LogP contribution in [0.5, 0.6) is 0 Å². The molecule has 0 spiro atoms. The van der Waals surface area contributed by atoms with Crippen molar-refractivity contribution in [3.63, 3.8) is 0 Å². The maximum atomic E-state index is 10.8. The van der Waals surface area contributed by atoms with Gasteiger partial charge < -0.3 is 20.2 Å². The molecule has 15 heavy (non-hydrogen) atoms. The molecule has 1 aliphatic rings. The third-order valence-corrected chi connectivity index (χ3v) is 2.38. The lowest BCUT2D eigenvalue weighted by Crippen LogP contribution is -3.14. The van der Waals surface area contributed by atoms with E-state index in [1.54, 1.807) is 0 Å². The average Bonchev–Trinajstić information content (AvgIpc) is 2.26. The summed E-state index contributed by atoms with van der Waals surface area (Å²) in [5.41, 5.74) is 0. The van der Waals surface area contributed by atoms with Crippen LogP contribution >= 0.6 is 0 Å². The van der Waals surface area contributed by atoms with Crippen LogP contribution in [0.15, 0.2) is 5.16 Å². The van der Waals surface area contributed by atoms with E-state index in [1.807, 2.05) is 0 Å². The number of quaternary nitrogens is 1. The minimum absolute atomic E-state index is 0.352. The van der Waals surface area contributed by atoms with Gasteiger partial charge in [0, 0.05) is 13.0 Å². The summed E-state index contributed by atoms with van der Waals surface area (Å²) in [5, 5.41) is 13.4. The smallest absolute Gasteiger partial charge is 0.265 e. The molecule has 3 N–H and O–H groups in total. The van der Waals surface area contributed by atoms with Gasteiger partial charge in [0.2, 0.25) is 0 Å². The van der Waals surface area contributed by atoms with Gasteiger partial charge in [0.25, 0.3) is 5.91 Å². The van der Waals surface area contributed by atoms with Gasteiger partial charge in [0.15, 0.2) is 0 Å². The zero-order chi connectivity index (χ0) is 10.9. The van der Waals surface area contributed by atoms with E-state index in [0.29, 0.717) is 6.54 Å². The number of rotatable bonds is 5. The molecule has 86 valence electrons. The second-order valence-electron chi connectivity index (χ2n) is 3.50. The van der Waals surface area contributed by atoms with Crippen molar-refractivity contribution in [2.45, 2.75) is 6.42 Å². The van der Waals surface area contributed by atoms with E-state index < -0.39 is 0 Å². The zero-order valence-corrected chi connectivity index (χ0v) is 8.74. The second-order valence-corrected chi connectivity index (χ2v) is 3.50. The Labute approximate surface area is 88.9 Å². The van der Waals surface area contributed by atoms with Gasteiger partial charge in [-0.1, -0.05) is 5.16 Å². The van der Waals surface area contributed by atoms with Crippen LogP contribution in [-0.2, 0) is 9.53 Å². The summed E-state index contributed by atoms with van der Waals surface area (Å²) in [4.78, 5) is 12.4. The lowest BCUT2D eigenvalue weighted by atomic mass is 10.3. The predicted molar refractivity (Wildman–Crippen MR) is 54.3 cm³/mol. The SMILES string of the molecule is O=C(C=NO)NCCC[NH+]1CCOCC1. The van der Waals surface area contributed by atoms with E-state index in [9.17, 15) is 4.79 Å². The molecular formula is C9H18N3O3+. The molecule has 1 aliphatic heterocycles. The van der Waals surface area contributed by atoms with Crippen LogP contribution in [0.1, 0.15) is 6.42 Å². The molecule has 0 aromatic heterocycles. The largest absolute Gasteiger partial charge is 0.411 e. The van der Waals surface area contributed by atoms with E-state index >= 15 is 0 Å². The summed E-state index contributed by atoms with van der Waals surface area (Å²) in [5.74, 6) is -0.352. The maximum absolute atomic E-state index is 10.8. The molecule has 1 heterocycles. The highest BCUT2D eigenvalue weighted by Crippen LogP contribution is 1.77. The van der Waals surface area contributed by atoms with E-state index in [0.717, 1.165) is 45.5 Å². The van der Waals surface area contributed by atoms with Gasteiger partial charge in [-0.2, -0.15) is 0 Å². The first-order valence-electron chi connectivity index (χ1n) is 5.19. The first-order chi connectivity index (χ1) is 7.33. The van der Waals surface area contributed by atoms with E-state index in [2.05, 4.69) is 10.5 Å². The van der Waals surface area contributed by atoms with Crippen molar-refractivity contribution in [1.29, 1.82) is 0 Å². The van der Waals surface area contributed by atoms with Crippen LogP contribution in [0.3, 0.4) is 0 Å². The molecule has 1 saturated heterocycles. The average molecular weight is 216 g/mol. The number of amides is 1. The van der Waals surface area contributed by atoms with Gasteiger partial charge in [0.1, 0.15) is 19.3 Å². The number of morpholine rings is 1. The molecule has 0 aliphatic carbocycles. The van der Waals surface area contributed by atoms with Gasteiger partial charge in [-0.3, -0.25) is 4.79 Å². The summed E-state index contributed by atoms with van der Waals surface area (Å²) < 4.78 is 5.24. The predicted octanol–water partition coefficient (Wildman–Crippen LogP) is -2.13. The van der Waals surface area contributed by atoms with Crippen molar-refractivity contribution in [3.05, 3.63) is 0 Å². The standard InChI is InChI=1S/C9H17N3O3/c13-9(8-11-14)10-2-1-3-12-4-6-15-7-5-12/h8,14H,1-7H2,(H,10,13)/p+1. The Kier molecular flexibility index (Phi) is 5.72. The Morgan fingerprint density at radius 2 is 2.27 bits per heavy atom. The fraction of sp³-hybridized carbons (Fsp3) is 0.778. The molecule has 1 fully saturated rings. The molecule has 0 bridgehead atoms. The van der Waals surface area contributed by atoms with Crippen molar-refractivity contribution in [1.82, 2.24) is 5.32 Å². The van der Waals surface area contributed by atoms with Crippen LogP contribution in [0.25, 0.3) is 0 Å². The molecule has 0 saturated carbocycles. The molecule has 1 rings (SSSR count). The molecule has 0 radical (unpaired) electrons. The number of carbonyl (C=O) groups is 1. The topological polar surface area (TPSA) is 75.4 Å². The van der Waals surface area contributed by atoms with Gasteiger partial charge in [-0.05, 0) is 0 Å². The fourth-order valence-electron chi connectivity index (χ4n) is 1.56. The number of hydrogen-bond acceptors (Lipinski definition) is 4. The lowest BCUT2D eigenvalue weighted by Gasteiger charge is -2.23. The Bertz CT molecular complexity index is 215. The highest BCUT2D eigenvalue weighted by atomic mass is 16.5. The van der Waals surface area contributed by atoms with Crippen molar-refractivity contribution in [2.75, 3.05) is 39.4 Å². The Balaban J connectivity index is 1.98. The molecule has 1 amide bonds. The lowest BCUT2D eigenvalue weighted by molar-refractivity contribution is -0.908. The van der Waals surface area contributed by atoms with Crippen LogP contribution in [0.2, 0.25) is 0 Å². The van der Waals surface area contributed by atoms with E-state index in [-0.39, 0.29) is 5.91 Å². The number of ether oxygens (including phenoxy) is 1. The summed E-state index contributed by atoms with van der Waals surface area (Å²) in [6.45, 7) is 5.42. The number of nitrogens with one attached hydrogen (secondary N) is 2. The van der Waals surface area contributed by atoms with Crippen LogP contribution in [0, 0.1) is 0 Å². The van der Waals surface area contributed by atoms with Crippen LogP contribution in [0.4, 0.5) is 0 Å². The zero-order valence-electron chi connectivity index (χ0n) is 8.74. The fourth-order valence-corrected chi connectivity index (χ4v) is 1.56. The van der Waals surface area contributed by atoms with Gasteiger partial charge in [0.05, 0.1) is 19.8 Å². The monoisotopic (exact) mass is 216 g/mol. The summed E-state index contributed by atoms with van der Waals surface area (Å²) in [6.07, 6.45) is 1.79. The van der Waals surface area contributed by atoms with Crippen molar-refractivity contribution >= 4 is 12.1 Å². The number of nitrogens with zero attached hydrogens (tertiary/aromatic N) is 1.